The van der Waals surface area contributed by atoms with Crippen LogP contribution in [0.15, 0.2) is 24.3 Å². The third-order valence-electron chi connectivity index (χ3n) is 2.80. The fourth-order valence-electron chi connectivity index (χ4n) is 1.54. The number of hydrogen-bond donors (Lipinski definition) is 0. The van der Waals surface area contributed by atoms with Crippen LogP contribution < -0.4 is 9.04 Å². The first-order chi connectivity index (χ1) is 9.12. The summed E-state index contributed by atoms with van der Waals surface area (Å²) >= 11 is 0. The molecule has 0 radical (unpaired) electrons. The molecule has 1 atom stereocenters. The standard InChI is InChI=1S/C13H20N2O4S/c1-10(13(16)14(2)3)19-12-8-6-11(7-9-12)15(4)20(5,17)18/h6-10H,1-5H3. The Morgan fingerprint density at radius 3 is 2.05 bits per heavy atom. The van der Waals surface area contributed by atoms with E-state index in [2.05, 4.69) is 0 Å². The maximum atomic E-state index is 11.7. The third-order valence-corrected chi connectivity index (χ3v) is 4.00. The van der Waals surface area contributed by atoms with Crippen LogP contribution in [0.4, 0.5) is 5.69 Å². The van der Waals surface area contributed by atoms with Crippen molar-refractivity contribution in [1.29, 1.82) is 0 Å². The number of carbonyl (C=O) groups is 1. The van der Waals surface area contributed by atoms with E-state index < -0.39 is 16.1 Å². The molecule has 0 aromatic heterocycles. The van der Waals surface area contributed by atoms with E-state index in [9.17, 15) is 13.2 Å². The molecule has 0 aliphatic heterocycles. The summed E-state index contributed by atoms with van der Waals surface area (Å²) in [6.45, 7) is 1.67. The van der Waals surface area contributed by atoms with Crippen LogP contribution in [0.25, 0.3) is 0 Å². The van der Waals surface area contributed by atoms with Gasteiger partial charge in [-0.25, -0.2) is 8.42 Å². The van der Waals surface area contributed by atoms with Gasteiger partial charge in [-0.15, -0.1) is 0 Å². The van der Waals surface area contributed by atoms with Crippen molar-refractivity contribution in [2.75, 3.05) is 31.7 Å². The van der Waals surface area contributed by atoms with Crippen LogP contribution in [0, 0.1) is 0 Å². The van der Waals surface area contributed by atoms with Gasteiger partial charge >= 0.3 is 0 Å². The topological polar surface area (TPSA) is 66.9 Å². The zero-order valence-electron chi connectivity index (χ0n) is 12.3. The van der Waals surface area contributed by atoms with E-state index in [0.717, 1.165) is 6.26 Å². The van der Waals surface area contributed by atoms with E-state index in [-0.39, 0.29) is 5.91 Å². The second kappa shape index (κ2) is 6.13. The minimum Gasteiger partial charge on any atom is -0.481 e. The summed E-state index contributed by atoms with van der Waals surface area (Å²) < 4.78 is 29.5. The van der Waals surface area contributed by atoms with Crippen LogP contribution in [0.1, 0.15) is 6.92 Å². The van der Waals surface area contributed by atoms with Crippen molar-refractivity contribution in [2.45, 2.75) is 13.0 Å². The molecule has 6 nitrogen and oxygen atoms in total. The SMILES string of the molecule is CC(Oc1ccc(N(C)S(C)(=O)=O)cc1)C(=O)N(C)C. The average Bonchev–Trinajstić information content (AvgIpc) is 2.36. The highest BCUT2D eigenvalue weighted by Crippen LogP contribution is 2.21. The Labute approximate surface area is 120 Å². The molecule has 1 aromatic rings. The monoisotopic (exact) mass is 300 g/mol. The van der Waals surface area contributed by atoms with Crippen molar-refractivity contribution in [3.05, 3.63) is 24.3 Å². The third kappa shape index (κ3) is 4.12. The van der Waals surface area contributed by atoms with Gasteiger partial charge in [-0.05, 0) is 31.2 Å². The fourth-order valence-corrected chi connectivity index (χ4v) is 2.05. The number of nitrogens with zero attached hydrogens (tertiary/aromatic N) is 2. The van der Waals surface area contributed by atoms with Crippen molar-refractivity contribution in [3.8, 4) is 5.75 Å². The van der Waals surface area contributed by atoms with Crippen LogP contribution >= 0.6 is 0 Å². The van der Waals surface area contributed by atoms with Gasteiger partial charge in [0.15, 0.2) is 6.10 Å². The van der Waals surface area contributed by atoms with Gasteiger partial charge in [0.25, 0.3) is 5.91 Å². The Hall–Kier alpha value is -1.76. The molecule has 0 aliphatic rings. The lowest BCUT2D eigenvalue weighted by Crippen LogP contribution is -2.35. The molecular formula is C13H20N2O4S. The predicted octanol–water partition coefficient (Wildman–Crippen LogP) is 0.938. The molecule has 0 bridgehead atoms. The number of hydrogen-bond acceptors (Lipinski definition) is 4. The summed E-state index contributed by atoms with van der Waals surface area (Å²) in [5.74, 6) is 0.376. The van der Waals surface area contributed by atoms with Crippen LogP contribution in [-0.4, -0.2) is 52.7 Å². The van der Waals surface area contributed by atoms with Gasteiger partial charge in [0, 0.05) is 21.1 Å². The van der Waals surface area contributed by atoms with Gasteiger partial charge < -0.3 is 9.64 Å². The Morgan fingerprint density at radius 1 is 1.15 bits per heavy atom. The zero-order chi connectivity index (χ0) is 15.5. The normalized spacial score (nSPS) is 12.7. The van der Waals surface area contributed by atoms with Crippen molar-refractivity contribution in [1.82, 2.24) is 4.90 Å². The molecule has 0 N–H and O–H groups in total. The van der Waals surface area contributed by atoms with Crippen molar-refractivity contribution >= 4 is 21.6 Å². The highest BCUT2D eigenvalue weighted by Gasteiger charge is 2.17. The van der Waals surface area contributed by atoms with E-state index in [0.29, 0.717) is 11.4 Å². The quantitative estimate of drug-likeness (QED) is 0.811. The van der Waals surface area contributed by atoms with E-state index in [1.54, 1.807) is 45.3 Å². The molecule has 112 valence electrons. The van der Waals surface area contributed by atoms with Crippen molar-refractivity contribution in [2.24, 2.45) is 0 Å². The lowest BCUT2D eigenvalue weighted by molar-refractivity contribution is -0.135. The van der Waals surface area contributed by atoms with Gasteiger partial charge in [-0.2, -0.15) is 0 Å². The minimum absolute atomic E-state index is 0.137. The molecule has 0 spiro atoms. The largest absolute Gasteiger partial charge is 0.481 e. The Morgan fingerprint density at radius 2 is 1.65 bits per heavy atom. The molecule has 1 unspecified atom stereocenters. The highest BCUT2D eigenvalue weighted by molar-refractivity contribution is 7.92. The summed E-state index contributed by atoms with van der Waals surface area (Å²) in [6, 6.07) is 6.53. The summed E-state index contributed by atoms with van der Waals surface area (Å²) in [5.41, 5.74) is 0.534. The first-order valence-corrected chi connectivity index (χ1v) is 7.89. The Balaban J connectivity index is 2.80. The van der Waals surface area contributed by atoms with E-state index in [4.69, 9.17) is 4.74 Å². The molecule has 1 aromatic carbocycles. The minimum atomic E-state index is -3.28. The summed E-state index contributed by atoms with van der Waals surface area (Å²) in [7, 11) is 1.51. The van der Waals surface area contributed by atoms with Gasteiger partial charge in [0.2, 0.25) is 10.0 Å². The second-order valence-corrected chi connectivity index (χ2v) is 6.73. The lowest BCUT2D eigenvalue weighted by Gasteiger charge is -2.19. The van der Waals surface area contributed by atoms with Crippen LogP contribution in [0.2, 0.25) is 0 Å². The Bertz CT molecular complexity index is 567. The number of anilines is 1. The number of carbonyl (C=O) groups excluding carboxylic acids is 1. The molecular weight excluding hydrogens is 280 g/mol. The van der Waals surface area contributed by atoms with Gasteiger partial charge in [0.05, 0.1) is 11.9 Å². The second-order valence-electron chi connectivity index (χ2n) is 4.72. The maximum absolute atomic E-state index is 11.7. The number of likely N-dealkylation sites (N-methyl/N-ethyl adjacent to an activating group) is 1. The van der Waals surface area contributed by atoms with E-state index in [1.807, 2.05) is 0 Å². The maximum Gasteiger partial charge on any atom is 0.262 e. The van der Waals surface area contributed by atoms with Crippen LogP contribution in [0.5, 0.6) is 5.75 Å². The van der Waals surface area contributed by atoms with Crippen LogP contribution in [-0.2, 0) is 14.8 Å². The van der Waals surface area contributed by atoms with Crippen molar-refractivity contribution in [3.63, 3.8) is 0 Å². The smallest absolute Gasteiger partial charge is 0.262 e. The van der Waals surface area contributed by atoms with Crippen LogP contribution in [0.3, 0.4) is 0 Å². The van der Waals surface area contributed by atoms with Crippen molar-refractivity contribution < 1.29 is 17.9 Å². The number of benzene rings is 1. The predicted molar refractivity (Wildman–Crippen MR) is 78.5 cm³/mol. The summed E-state index contributed by atoms with van der Waals surface area (Å²) in [6.07, 6.45) is 0.540. The average molecular weight is 300 g/mol. The zero-order valence-corrected chi connectivity index (χ0v) is 13.1. The molecule has 7 heteroatoms. The van der Waals surface area contributed by atoms with E-state index in [1.165, 1.54) is 16.3 Å². The van der Waals surface area contributed by atoms with E-state index >= 15 is 0 Å². The summed E-state index contributed by atoms with van der Waals surface area (Å²) in [4.78, 5) is 13.1. The molecule has 0 saturated carbocycles. The number of ether oxygens (including phenoxy) is 1. The lowest BCUT2D eigenvalue weighted by atomic mass is 10.3. The van der Waals surface area contributed by atoms with Gasteiger partial charge in [-0.3, -0.25) is 9.10 Å². The first kappa shape index (κ1) is 16.3. The molecule has 0 heterocycles. The number of sulfonamides is 1. The fraction of sp³-hybridized carbons (Fsp3) is 0.462. The molecule has 0 saturated heterocycles. The molecule has 0 aliphatic carbocycles. The number of amides is 1. The Kier molecular flexibility index (Phi) is 4.99. The van der Waals surface area contributed by atoms with Gasteiger partial charge in [0.1, 0.15) is 5.75 Å². The van der Waals surface area contributed by atoms with Gasteiger partial charge in [-0.1, -0.05) is 0 Å². The first-order valence-electron chi connectivity index (χ1n) is 6.04. The summed E-state index contributed by atoms with van der Waals surface area (Å²) in [5, 5.41) is 0. The highest BCUT2D eigenvalue weighted by atomic mass is 32.2. The molecule has 0 fully saturated rings. The number of rotatable bonds is 5. The molecule has 1 amide bonds. The molecule has 20 heavy (non-hydrogen) atoms. The molecule has 1 rings (SSSR count).